The molecule has 0 aliphatic rings. The first kappa shape index (κ1) is 10.8. The van der Waals surface area contributed by atoms with Gasteiger partial charge in [-0.3, -0.25) is 0 Å². The largest absolute Gasteiger partial charge is 0.507 e. The Morgan fingerprint density at radius 1 is 1.50 bits per heavy atom. The molecule has 0 fully saturated rings. The SMILES string of the molecule is COc1ccc(C(N)CO)c(O)c1C. The number of methoxy groups -OCH3 is 1. The van der Waals surface area contributed by atoms with Crippen LogP contribution in [0.3, 0.4) is 0 Å². The van der Waals surface area contributed by atoms with Crippen LogP contribution in [-0.2, 0) is 0 Å². The second kappa shape index (κ2) is 4.30. The second-order valence-electron chi connectivity index (χ2n) is 3.12. The zero-order valence-electron chi connectivity index (χ0n) is 8.32. The minimum atomic E-state index is -0.556. The number of aliphatic hydroxyl groups is 1. The van der Waals surface area contributed by atoms with Gasteiger partial charge in [0, 0.05) is 11.1 Å². The van der Waals surface area contributed by atoms with Gasteiger partial charge in [0.05, 0.1) is 19.8 Å². The van der Waals surface area contributed by atoms with Crippen LogP contribution >= 0.6 is 0 Å². The van der Waals surface area contributed by atoms with E-state index in [4.69, 9.17) is 15.6 Å². The maximum Gasteiger partial charge on any atom is 0.127 e. The summed E-state index contributed by atoms with van der Waals surface area (Å²) in [6.07, 6.45) is 0. The number of aliphatic hydroxyl groups excluding tert-OH is 1. The Morgan fingerprint density at radius 3 is 2.64 bits per heavy atom. The van der Waals surface area contributed by atoms with Gasteiger partial charge in [0.1, 0.15) is 11.5 Å². The van der Waals surface area contributed by atoms with E-state index in [2.05, 4.69) is 0 Å². The summed E-state index contributed by atoms with van der Waals surface area (Å²) in [5.41, 5.74) is 6.77. The number of aromatic hydroxyl groups is 1. The molecule has 14 heavy (non-hydrogen) atoms. The van der Waals surface area contributed by atoms with E-state index in [0.29, 0.717) is 16.9 Å². The van der Waals surface area contributed by atoms with Gasteiger partial charge in [-0.1, -0.05) is 0 Å². The van der Waals surface area contributed by atoms with Crippen molar-refractivity contribution in [1.29, 1.82) is 0 Å². The maximum absolute atomic E-state index is 9.74. The molecule has 0 amide bonds. The molecule has 0 aliphatic carbocycles. The molecular formula is C10H15NO3. The van der Waals surface area contributed by atoms with Gasteiger partial charge in [-0.05, 0) is 19.1 Å². The number of hydrogen-bond acceptors (Lipinski definition) is 4. The molecule has 0 bridgehead atoms. The molecule has 0 saturated carbocycles. The lowest BCUT2D eigenvalue weighted by atomic mass is 10.0. The summed E-state index contributed by atoms with van der Waals surface area (Å²) in [6, 6.07) is 2.82. The summed E-state index contributed by atoms with van der Waals surface area (Å²) in [5.74, 6) is 0.697. The lowest BCUT2D eigenvalue weighted by Crippen LogP contribution is -2.14. The molecule has 1 aromatic rings. The van der Waals surface area contributed by atoms with Gasteiger partial charge in [0.2, 0.25) is 0 Å². The van der Waals surface area contributed by atoms with Gasteiger partial charge >= 0.3 is 0 Å². The Morgan fingerprint density at radius 2 is 2.14 bits per heavy atom. The minimum Gasteiger partial charge on any atom is -0.507 e. The van der Waals surface area contributed by atoms with Crippen molar-refractivity contribution in [2.45, 2.75) is 13.0 Å². The maximum atomic E-state index is 9.74. The molecule has 1 atom stereocenters. The van der Waals surface area contributed by atoms with Crippen molar-refractivity contribution < 1.29 is 14.9 Å². The molecule has 4 N–H and O–H groups in total. The number of hydrogen-bond donors (Lipinski definition) is 3. The van der Waals surface area contributed by atoms with Crippen LogP contribution in [0.1, 0.15) is 17.2 Å². The predicted octanol–water partition coefficient (Wildman–Crippen LogP) is 0.701. The molecule has 0 aromatic heterocycles. The van der Waals surface area contributed by atoms with E-state index in [1.54, 1.807) is 19.1 Å². The summed E-state index contributed by atoms with van der Waals surface area (Å²) in [7, 11) is 1.54. The highest BCUT2D eigenvalue weighted by Crippen LogP contribution is 2.32. The van der Waals surface area contributed by atoms with Crippen molar-refractivity contribution >= 4 is 0 Å². The monoisotopic (exact) mass is 197 g/mol. The molecule has 0 radical (unpaired) electrons. The molecule has 78 valence electrons. The van der Waals surface area contributed by atoms with E-state index in [1.165, 1.54) is 7.11 Å². The highest BCUT2D eigenvalue weighted by atomic mass is 16.5. The highest BCUT2D eigenvalue weighted by molar-refractivity contribution is 5.49. The van der Waals surface area contributed by atoms with Crippen molar-refractivity contribution in [2.24, 2.45) is 5.73 Å². The third-order valence-electron chi connectivity index (χ3n) is 2.23. The van der Waals surface area contributed by atoms with Gasteiger partial charge in [-0.25, -0.2) is 0 Å². The van der Waals surface area contributed by atoms with Crippen LogP contribution in [0.2, 0.25) is 0 Å². The lowest BCUT2D eigenvalue weighted by molar-refractivity contribution is 0.265. The highest BCUT2D eigenvalue weighted by Gasteiger charge is 2.14. The Balaban J connectivity index is 3.17. The first-order chi connectivity index (χ1) is 6.61. The number of phenols is 1. The van der Waals surface area contributed by atoms with Gasteiger partial charge in [0.15, 0.2) is 0 Å². The topological polar surface area (TPSA) is 75.7 Å². The number of phenolic OH excluding ortho intramolecular Hbond substituents is 1. The Labute approximate surface area is 82.9 Å². The predicted molar refractivity (Wildman–Crippen MR) is 53.4 cm³/mol. The molecule has 0 saturated heterocycles. The number of nitrogens with two attached hydrogens (primary N) is 1. The van der Waals surface area contributed by atoms with Crippen LogP contribution in [0, 0.1) is 6.92 Å². The summed E-state index contributed by atoms with van der Waals surface area (Å²) < 4.78 is 5.03. The molecular weight excluding hydrogens is 182 g/mol. The van der Waals surface area contributed by atoms with Crippen LogP contribution in [0.25, 0.3) is 0 Å². The fourth-order valence-electron chi connectivity index (χ4n) is 1.32. The number of benzene rings is 1. The van der Waals surface area contributed by atoms with Crippen LogP contribution in [0.4, 0.5) is 0 Å². The standard InChI is InChI=1S/C10H15NO3/c1-6-9(14-2)4-3-7(10(6)13)8(11)5-12/h3-4,8,12-13H,5,11H2,1-2H3. The molecule has 1 aromatic carbocycles. The van der Waals surface area contributed by atoms with Gasteiger partial charge in [0.25, 0.3) is 0 Å². The number of ether oxygens (including phenoxy) is 1. The van der Waals surface area contributed by atoms with Gasteiger partial charge in [-0.2, -0.15) is 0 Å². The van der Waals surface area contributed by atoms with Crippen LogP contribution in [0.5, 0.6) is 11.5 Å². The summed E-state index contributed by atoms with van der Waals surface area (Å²) in [5, 5.41) is 18.6. The minimum absolute atomic E-state index is 0.0888. The summed E-state index contributed by atoms with van der Waals surface area (Å²) >= 11 is 0. The Bertz CT molecular complexity index is 325. The third kappa shape index (κ3) is 1.81. The average Bonchev–Trinajstić information content (AvgIpc) is 2.21. The summed E-state index contributed by atoms with van der Waals surface area (Å²) in [4.78, 5) is 0. The zero-order chi connectivity index (χ0) is 10.7. The first-order valence-electron chi connectivity index (χ1n) is 4.34. The fourth-order valence-corrected chi connectivity index (χ4v) is 1.32. The Hall–Kier alpha value is -1.26. The van der Waals surface area contributed by atoms with Crippen LogP contribution in [-0.4, -0.2) is 23.9 Å². The van der Waals surface area contributed by atoms with Gasteiger partial charge in [-0.15, -0.1) is 0 Å². The molecule has 0 spiro atoms. The van der Waals surface area contributed by atoms with E-state index in [9.17, 15) is 5.11 Å². The van der Waals surface area contributed by atoms with E-state index < -0.39 is 6.04 Å². The Kier molecular flexibility index (Phi) is 3.33. The van der Waals surface area contributed by atoms with Crippen LogP contribution < -0.4 is 10.5 Å². The molecule has 4 nitrogen and oxygen atoms in total. The van der Waals surface area contributed by atoms with Crippen molar-refractivity contribution in [2.75, 3.05) is 13.7 Å². The molecule has 0 aliphatic heterocycles. The number of rotatable bonds is 3. The fraction of sp³-hybridized carbons (Fsp3) is 0.400. The normalized spacial score (nSPS) is 12.6. The van der Waals surface area contributed by atoms with E-state index in [1.807, 2.05) is 0 Å². The quantitative estimate of drug-likeness (QED) is 0.666. The van der Waals surface area contributed by atoms with Crippen molar-refractivity contribution in [1.82, 2.24) is 0 Å². The second-order valence-corrected chi connectivity index (χ2v) is 3.12. The summed E-state index contributed by atoms with van der Waals surface area (Å²) in [6.45, 7) is 1.54. The molecule has 0 heterocycles. The van der Waals surface area contributed by atoms with Crippen molar-refractivity contribution in [3.8, 4) is 11.5 Å². The average molecular weight is 197 g/mol. The lowest BCUT2D eigenvalue weighted by Gasteiger charge is -2.14. The first-order valence-corrected chi connectivity index (χ1v) is 4.34. The molecule has 1 rings (SSSR count). The zero-order valence-corrected chi connectivity index (χ0v) is 8.32. The molecule has 1 unspecified atom stereocenters. The van der Waals surface area contributed by atoms with Crippen molar-refractivity contribution in [3.05, 3.63) is 23.3 Å². The van der Waals surface area contributed by atoms with E-state index in [-0.39, 0.29) is 12.4 Å². The van der Waals surface area contributed by atoms with E-state index >= 15 is 0 Å². The van der Waals surface area contributed by atoms with E-state index in [0.717, 1.165) is 0 Å². The van der Waals surface area contributed by atoms with Gasteiger partial charge < -0.3 is 20.7 Å². The third-order valence-corrected chi connectivity index (χ3v) is 2.23. The smallest absolute Gasteiger partial charge is 0.127 e. The van der Waals surface area contributed by atoms with Crippen LogP contribution in [0.15, 0.2) is 12.1 Å². The van der Waals surface area contributed by atoms with Crippen molar-refractivity contribution in [3.63, 3.8) is 0 Å². The molecule has 4 heteroatoms.